The van der Waals surface area contributed by atoms with Gasteiger partial charge in [0.05, 0.1) is 11.0 Å². The van der Waals surface area contributed by atoms with Gasteiger partial charge in [-0.2, -0.15) is 0 Å². The maximum Gasteiger partial charge on any atom is 0.240 e. The van der Waals surface area contributed by atoms with Crippen molar-refractivity contribution in [3.05, 3.63) is 29.8 Å². The van der Waals surface area contributed by atoms with Crippen LogP contribution in [0.1, 0.15) is 44.1 Å². The van der Waals surface area contributed by atoms with E-state index in [-0.39, 0.29) is 23.8 Å². The molecule has 1 aliphatic heterocycles. The second-order valence-electron chi connectivity index (χ2n) is 7.76. The van der Waals surface area contributed by atoms with Crippen molar-refractivity contribution in [2.45, 2.75) is 56.4 Å². The molecule has 2 aliphatic rings. The molecule has 1 heterocycles. The Hall–Kier alpha value is -1.44. The number of ether oxygens (including phenoxy) is 1. The maximum atomic E-state index is 12.4. The zero-order valence-electron chi connectivity index (χ0n) is 15.9. The molecule has 1 atom stereocenters. The molecule has 7 heteroatoms. The van der Waals surface area contributed by atoms with E-state index in [0.29, 0.717) is 18.0 Å². The van der Waals surface area contributed by atoms with Crippen LogP contribution in [0.4, 0.5) is 0 Å². The van der Waals surface area contributed by atoms with Crippen LogP contribution in [-0.2, 0) is 19.6 Å². The van der Waals surface area contributed by atoms with E-state index in [4.69, 9.17) is 4.74 Å². The van der Waals surface area contributed by atoms with Gasteiger partial charge in [0.25, 0.3) is 0 Å². The third-order valence-electron chi connectivity index (χ3n) is 5.64. The Balaban J connectivity index is 1.40. The summed E-state index contributed by atoms with van der Waals surface area (Å²) in [6, 6.07) is 6.87. The van der Waals surface area contributed by atoms with Gasteiger partial charge in [0.15, 0.2) is 0 Å². The normalized spacial score (nSPS) is 26.0. The molecule has 1 aromatic carbocycles. The first-order valence-electron chi connectivity index (χ1n) is 9.89. The summed E-state index contributed by atoms with van der Waals surface area (Å²) in [5.74, 6) is 0.438. The van der Waals surface area contributed by atoms with E-state index in [2.05, 4.69) is 10.0 Å². The lowest BCUT2D eigenvalue weighted by molar-refractivity contribution is -0.126. The molecule has 150 valence electrons. The number of aryl methyl sites for hydroxylation is 1. The lowest BCUT2D eigenvalue weighted by Gasteiger charge is -2.28. The number of hydrogen-bond acceptors (Lipinski definition) is 4. The minimum Gasteiger partial charge on any atom is -0.376 e. The van der Waals surface area contributed by atoms with Crippen molar-refractivity contribution in [1.29, 1.82) is 0 Å². The highest BCUT2D eigenvalue weighted by atomic mass is 32.2. The Morgan fingerprint density at radius 3 is 2.41 bits per heavy atom. The molecule has 1 amide bonds. The number of nitrogens with one attached hydrogen (secondary N) is 2. The Morgan fingerprint density at radius 2 is 1.78 bits per heavy atom. The van der Waals surface area contributed by atoms with Crippen LogP contribution in [0.5, 0.6) is 0 Å². The van der Waals surface area contributed by atoms with Gasteiger partial charge < -0.3 is 10.1 Å². The number of amides is 1. The van der Waals surface area contributed by atoms with Crippen molar-refractivity contribution < 1.29 is 17.9 Å². The minimum atomic E-state index is -3.47. The summed E-state index contributed by atoms with van der Waals surface area (Å²) < 4.78 is 33.0. The number of carbonyl (C=O) groups excluding carboxylic acids is 1. The molecule has 2 N–H and O–H groups in total. The summed E-state index contributed by atoms with van der Waals surface area (Å²) in [5.41, 5.74) is 1.03. The third-order valence-corrected chi connectivity index (χ3v) is 7.08. The van der Waals surface area contributed by atoms with Crippen LogP contribution < -0.4 is 10.0 Å². The molecule has 3 rings (SSSR count). The van der Waals surface area contributed by atoms with Gasteiger partial charge >= 0.3 is 0 Å². The van der Waals surface area contributed by atoms with Gasteiger partial charge in [-0.05, 0) is 63.5 Å². The third kappa shape index (κ3) is 5.77. The number of sulfonamides is 1. The van der Waals surface area contributed by atoms with E-state index in [1.807, 2.05) is 6.92 Å². The molecule has 0 aromatic heterocycles. The Morgan fingerprint density at radius 1 is 1.07 bits per heavy atom. The molecule has 1 aliphatic carbocycles. The highest BCUT2D eigenvalue weighted by Gasteiger charge is 2.28. The highest BCUT2D eigenvalue weighted by Crippen LogP contribution is 2.29. The Labute approximate surface area is 162 Å². The second kappa shape index (κ2) is 9.17. The lowest BCUT2D eigenvalue weighted by Crippen LogP contribution is -2.38. The van der Waals surface area contributed by atoms with E-state index >= 15 is 0 Å². The molecule has 1 unspecified atom stereocenters. The predicted octanol–water partition coefficient (Wildman–Crippen LogP) is 2.37. The van der Waals surface area contributed by atoms with Gasteiger partial charge in [-0.1, -0.05) is 17.7 Å². The first-order chi connectivity index (χ1) is 12.9. The highest BCUT2D eigenvalue weighted by molar-refractivity contribution is 7.89. The number of benzene rings is 1. The average molecular weight is 395 g/mol. The Kier molecular flexibility index (Phi) is 6.89. The number of carbonyl (C=O) groups is 1. The second-order valence-corrected chi connectivity index (χ2v) is 9.53. The number of hydrogen-bond donors (Lipinski definition) is 2. The summed E-state index contributed by atoms with van der Waals surface area (Å²) in [7, 11) is -3.47. The summed E-state index contributed by atoms with van der Waals surface area (Å²) in [6.45, 7) is 3.76. The van der Waals surface area contributed by atoms with Crippen molar-refractivity contribution in [1.82, 2.24) is 10.0 Å². The topological polar surface area (TPSA) is 84.5 Å². The van der Waals surface area contributed by atoms with Crippen molar-refractivity contribution in [2.24, 2.45) is 11.8 Å². The van der Waals surface area contributed by atoms with Gasteiger partial charge in [-0.3, -0.25) is 4.79 Å². The summed E-state index contributed by atoms with van der Waals surface area (Å²) in [5, 5.41) is 3.02. The van der Waals surface area contributed by atoms with E-state index in [0.717, 1.165) is 50.7 Å². The zero-order chi connectivity index (χ0) is 19.3. The first kappa shape index (κ1) is 20.3. The fraction of sp³-hybridized carbons (Fsp3) is 0.650. The van der Waals surface area contributed by atoms with Crippen LogP contribution in [0.3, 0.4) is 0 Å². The number of rotatable bonds is 7. The van der Waals surface area contributed by atoms with Crippen molar-refractivity contribution in [2.75, 3.05) is 19.7 Å². The molecule has 1 aromatic rings. The van der Waals surface area contributed by atoms with Gasteiger partial charge in [0.1, 0.15) is 0 Å². The van der Waals surface area contributed by atoms with Gasteiger partial charge in [0.2, 0.25) is 15.9 Å². The molecule has 6 nitrogen and oxygen atoms in total. The Bertz CT molecular complexity index is 719. The lowest BCUT2D eigenvalue weighted by atomic mass is 9.81. The van der Waals surface area contributed by atoms with Crippen LogP contribution in [0.15, 0.2) is 29.2 Å². The quantitative estimate of drug-likeness (QED) is 0.744. The van der Waals surface area contributed by atoms with E-state index < -0.39 is 10.0 Å². The van der Waals surface area contributed by atoms with Gasteiger partial charge in [-0.25, -0.2) is 13.1 Å². The van der Waals surface area contributed by atoms with Gasteiger partial charge in [-0.15, -0.1) is 0 Å². The minimum absolute atomic E-state index is 0.0383. The van der Waals surface area contributed by atoms with E-state index in [1.165, 1.54) is 0 Å². The standard InChI is InChI=1S/C20H30N2O4S/c1-15-4-10-19(11-5-15)27(24,25)22-13-16-6-8-17(9-7-16)20(23)21-14-18-3-2-12-26-18/h4-5,10-11,16-18,22H,2-3,6-9,12-14H2,1H3,(H,21,23). The molecule has 1 saturated heterocycles. The fourth-order valence-corrected chi connectivity index (χ4v) is 4.94. The summed E-state index contributed by atoms with van der Waals surface area (Å²) in [6.07, 6.45) is 5.63. The zero-order valence-corrected chi connectivity index (χ0v) is 16.8. The molecule has 0 radical (unpaired) electrons. The molecule has 0 spiro atoms. The first-order valence-corrected chi connectivity index (χ1v) is 11.4. The van der Waals surface area contributed by atoms with Crippen LogP contribution in [0.2, 0.25) is 0 Å². The van der Waals surface area contributed by atoms with Crippen LogP contribution in [-0.4, -0.2) is 40.1 Å². The largest absolute Gasteiger partial charge is 0.376 e. The van der Waals surface area contributed by atoms with E-state index in [9.17, 15) is 13.2 Å². The van der Waals surface area contributed by atoms with Crippen molar-refractivity contribution in [3.63, 3.8) is 0 Å². The molecular formula is C20H30N2O4S. The molecule has 2 fully saturated rings. The summed E-state index contributed by atoms with van der Waals surface area (Å²) >= 11 is 0. The molecular weight excluding hydrogens is 364 g/mol. The van der Waals surface area contributed by atoms with Gasteiger partial charge in [0, 0.05) is 25.6 Å². The SMILES string of the molecule is Cc1ccc(S(=O)(=O)NCC2CCC(C(=O)NCC3CCCO3)CC2)cc1. The van der Waals surface area contributed by atoms with Crippen LogP contribution >= 0.6 is 0 Å². The van der Waals surface area contributed by atoms with Crippen LogP contribution in [0, 0.1) is 18.8 Å². The fourth-order valence-electron chi connectivity index (χ4n) is 3.82. The monoisotopic (exact) mass is 394 g/mol. The maximum absolute atomic E-state index is 12.4. The van der Waals surface area contributed by atoms with Crippen molar-refractivity contribution >= 4 is 15.9 Å². The average Bonchev–Trinajstić information content (AvgIpc) is 3.19. The van der Waals surface area contributed by atoms with Crippen molar-refractivity contribution in [3.8, 4) is 0 Å². The summed E-state index contributed by atoms with van der Waals surface area (Å²) in [4.78, 5) is 12.6. The molecule has 27 heavy (non-hydrogen) atoms. The molecule has 1 saturated carbocycles. The smallest absolute Gasteiger partial charge is 0.240 e. The predicted molar refractivity (Wildman–Crippen MR) is 104 cm³/mol. The molecule has 0 bridgehead atoms. The van der Waals surface area contributed by atoms with E-state index in [1.54, 1.807) is 24.3 Å². The van der Waals surface area contributed by atoms with Crippen LogP contribution in [0.25, 0.3) is 0 Å².